The first-order chi connectivity index (χ1) is 5.74. The number of nitrogens with one attached hydrogen (secondary N) is 1. The van der Waals surface area contributed by atoms with Gasteiger partial charge in [0.1, 0.15) is 0 Å². The summed E-state index contributed by atoms with van der Waals surface area (Å²) in [5.41, 5.74) is 0. The first kappa shape index (κ1) is 9.99. The maximum absolute atomic E-state index is 11.1. The van der Waals surface area contributed by atoms with Crippen LogP contribution in [0.25, 0.3) is 0 Å². The van der Waals surface area contributed by atoms with Gasteiger partial charge >= 0.3 is 0 Å². The van der Waals surface area contributed by atoms with Gasteiger partial charge in [0.2, 0.25) is 5.91 Å². The molecule has 0 spiro atoms. The van der Waals surface area contributed by atoms with Gasteiger partial charge in [-0.15, -0.1) is 0 Å². The number of rotatable bonds is 5. The fourth-order valence-corrected chi connectivity index (χ4v) is 1.37. The summed E-state index contributed by atoms with van der Waals surface area (Å²) in [7, 11) is 1.65. The first-order valence-corrected chi connectivity index (χ1v) is 5.06. The van der Waals surface area contributed by atoms with Crippen LogP contribution in [-0.4, -0.2) is 31.0 Å². The maximum Gasteiger partial charge on any atom is 0.223 e. The van der Waals surface area contributed by atoms with E-state index in [-0.39, 0.29) is 10.7 Å². The quantitative estimate of drug-likeness (QED) is 0.721. The molecule has 1 unspecified atom stereocenters. The molecule has 0 aliphatic heterocycles. The number of hydrogen-bond donors (Lipinski definition) is 1. The average molecular weight is 236 g/mol. The fourth-order valence-electron chi connectivity index (χ4n) is 0.941. The molecule has 0 saturated heterocycles. The summed E-state index contributed by atoms with van der Waals surface area (Å²) in [5, 5.41) is 2.86. The van der Waals surface area contributed by atoms with Crippen molar-refractivity contribution in [2.24, 2.45) is 5.92 Å². The van der Waals surface area contributed by atoms with Crippen molar-refractivity contribution in [3.63, 3.8) is 0 Å². The first-order valence-electron chi connectivity index (χ1n) is 4.14. The Hall–Kier alpha value is -0.0900. The van der Waals surface area contributed by atoms with E-state index in [1.807, 2.05) is 0 Å². The van der Waals surface area contributed by atoms with E-state index in [0.717, 1.165) is 12.8 Å². The highest BCUT2D eigenvalue weighted by molar-refractivity contribution is 9.09. The Balaban J connectivity index is 2.03. The molecule has 0 aromatic heterocycles. The van der Waals surface area contributed by atoms with E-state index in [1.54, 1.807) is 7.11 Å². The third-order valence-corrected chi connectivity index (χ3v) is 2.38. The van der Waals surface area contributed by atoms with E-state index in [9.17, 15) is 4.79 Å². The summed E-state index contributed by atoms with van der Waals surface area (Å²) in [5.74, 6) is 0.489. The Morgan fingerprint density at radius 2 is 2.42 bits per heavy atom. The predicted molar refractivity (Wildman–Crippen MR) is 50.3 cm³/mol. The molecule has 1 aliphatic rings. The average Bonchev–Trinajstić information content (AvgIpc) is 2.83. The Bertz CT molecular complexity index is 159. The van der Waals surface area contributed by atoms with E-state index in [4.69, 9.17) is 4.74 Å². The second kappa shape index (κ2) is 4.82. The Morgan fingerprint density at radius 1 is 1.75 bits per heavy atom. The molecule has 4 heteroatoms. The molecule has 3 nitrogen and oxygen atoms in total. The van der Waals surface area contributed by atoms with Gasteiger partial charge in [-0.1, -0.05) is 15.9 Å². The summed E-state index contributed by atoms with van der Waals surface area (Å²) >= 11 is 3.40. The number of hydrogen-bond acceptors (Lipinski definition) is 2. The standard InChI is InChI=1S/C8H14BrNO2/c1-12-5-7(9)4-10-8(11)6-2-3-6/h6-7H,2-5H2,1H3,(H,10,11). The highest BCUT2D eigenvalue weighted by Gasteiger charge is 2.29. The van der Waals surface area contributed by atoms with Crippen LogP contribution in [0.3, 0.4) is 0 Å². The summed E-state index contributed by atoms with van der Waals surface area (Å²) in [4.78, 5) is 11.4. The molecule has 12 heavy (non-hydrogen) atoms. The summed E-state index contributed by atoms with van der Waals surface area (Å²) in [6, 6.07) is 0. The van der Waals surface area contributed by atoms with Crippen molar-refractivity contribution in [2.75, 3.05) is 20.3 Å². The molecule has 1 saturated carbocycles. The fraction of sp³-hybridized carbons (Fsp3) is 0.875. The lowest BCUT2D eigenvalue weighted by molar-refractivity contribution is -0.122. The van der Waals surface area contributed by atoms with Gasteiger partial charge in [-0.2, -0.15) is 0 Å². The monoisotopic (exact) mass is 235 g/mol. The molecule has 70 valence electrons. The van der Waals surface area contributed by atoms with Crippen molar-refractivity contribution in [3.05, 3.63) is 0 Å². The number of carbonyl (C=O) groups is 1. The van der Waals surface area contributed by atoms with Gasteiger partial charge in [0.05, 0.1) is 11.4 Å². The largest absolute Gasteiger partial charge is 0.383 e. The Labute approximate surface area is 81.0 Å². The second-order valence-corrected chi connectivity index (χ2v) is 4.37. The van der Waals surface area contributed by atoms with E-state index in [2.05, 4.69) is 21.2 Å². The van der Waals surface area contributed by atoms with Gasteiger partial charge < -0.3 is 10.1 Å². The topological polar surface area (TPSA) is 38.3 Å². The van der Waals surface area contributed by atoms with E-state index in [0.29, 0.717) is 19.1 Å². The lowest BCUT2D eigenvalue weighted by atomic mass is 10.3. The van der Waals surface area contributed by atoms with Crippen molar-refractivity contribution in [1.29, 1.82) is 0 Å². The maximum atomic E-state index is 11.1. The summed E-state index contributed by atoms with van der Waals surface area (Å²) in [6.45, 7) is 1.29. The third kappa shape index (κ3) is 3.54. The van der Waals surface area contributed by atoms with Crippen LogP contribution in [-0.2, 0) is 9.53 Å². The van der Waals surface area contributed by atoms with Crippen LogP contribution in [0, 0.1) is 5.92 Å². The number of alkyl halides is 1. The molecule has 1 N–H and O–H groups in total. The second-order valence-electron chi connectivity index (χ2n) is 3.07. The molecule has 0 aromatic rings. The predicted octanol–water partition coefficient (Wildman–Crippen LogP) is 0.922. The lowest BCUT2D eigenvalue weighted by Gasteiger charge is -2.09. The van der Waals surface area contributed by atoms with Crippen molar-refractivity contribution >= 4 is 21.8 Å². The molecule has 1 atom stereocenters. The van der Waals surface area contributed by atoms with E-state index in [1.165, 1.54) is 0 Å². The number of ether oxygens (including phenoxy) is 1. The number of halogens is 1. The Morgan fingerprint density at radius 3 is 2.92 bits per heavy atom. The van der Waals surface area contributed by atoms with Crippen LogP contribution in [0.1, 0.15) is 12.8 Å². The van der Waals surface area contributed by atoms with Crippen LogP contribution in [0.15, 0.2) is 0 Å². The zero-order valence-corrected chi connectivity index (χ0v) is 8.76. The van der Waals surface area contributed by atoms with Gasteiger partial charge in [0.25, 0.3) is 0 Å². The summed E-state index contributed by atoms with van der Waals surface area (Å²) < 4.78 is 4.91. The molecule has 1 aliphatic carbocycles. The molecule has 0 heterocycles. The Kier molecular flexibility index (Phi) is 4.01. The highest BCUT2D eigenvalue weighted by atomic mass is 79.9. The van der Waals surface area contributed by atoms with Gasteiger partial charge in [-0.25, -0.2) is 0 Å². The third-order valence-electron chi connectivity index (χ3n) is 1.79. The van der Waals surface area contributed by atoms with Crippen LogP contribution in [0.4, 0.5) is 0 Å². The van der Waals surface area contributed by atoms with Crippen molar-refractivity contribution in [3.8, 4) is 0 Å². The van der Waals surface area contributed by atoms with Crippen LogP contribution in [0.5, 0.6) is 0 Å². The molecule has 1 amide bonds. The number of methoxy groups -OCH3 is 1. The molecule has 0 aromatic carbocycles. The molecule has 0 radical (unpaired) electrons. The van der Waals surface area contributed by atoms with Crippen molar-refractivity contribution in [1.82, 2.24) is 5.32 Å². The lowest BCUT2D eigenvalue weighted by Crippen LogP contribution is -2.32. The molecule has 1 rings (SSSR count). The van der Waals surface area contributed by atoms with Crippen molar-refractivity contribution in [2.45, 2.75) is 17.7 Å². The van der Waals surface area contributed by atoms with Gasteiger partial charge in [-0.05, 0) is 12.8 Å². The highest BCUT2D eigenvalue weighted by Crippen LogP contribution is 2.28. The van der Waals surface area contributed by atoms with Crippen LogP contribution >= 0.6 is 15.9 Å². The van der Waals surface area contributed by atoms with Gasteiger partial charge in [0, 0.05) is 19.6 Å². The van der Waals surface area contributed by atoms with Crippen molar-refractivity contribution < 1.29 is 9.53 Å². The molecule has 0 bridgehead atoms. The minimum atomic E-state index is 0.190. The number of carbonyl (C=O) groups excluding carboxylic acids is 1. The minimum absolute atomic E-state index is 0.190. The van der Waals surface area contributed by atoms with Gasteiger partial charge in [-0.3, -0.25) is 4.79 Å². The zero-order valence-electron chi connectivity index (χ0n) is 7.18. The zero-order chi connectivity index (χ0) is 8.97. The molecular weight excluding hydrogens is 222 g/mol. The van der Waals surface area contributed by atoms with E-state index >= 15 is 0 Å². The van der Waals surface area contributed by atoms with Crippen LogP contribution in [0.2, 0.25) is 0 Å². The normalized spacial score (nSPS) is 18.8. The molecular formula is C8H14BrNO2. The van der Waals surface area contributed by atoms with Crippen LogP contribution < -0.4 is 5.32 Å². The van der Waals surface area contributed by atoms with E-state index < -0.39 is 0 Å². The minimum Gasteiger partial charge on any atom is -0.383 e. The number of amides is 1. The molecule has 1 fully saturated rings. The SMILES string of the molecule is COCC(Br)CNC(=O)C1CC1. The smallest absolute Gasteiger partial charge is 0.223 e. The van der Waals surface area contributed by atoms with Gasteiger partial charge in [0.15, 0.2) is 0 Å². The summed E-state index contributed by atoms with van der Waals surface area (Å²) in [6.07, 6.45) is 2.12.